The predicted octanol–water partition coefficient (Wildman–Crippen LogP) is 4.40. The van der Waals surface area contributed by atoms with Gasteiger partial charge in [0.05, 0.1) is 17.4 Å². The van der Waals surface area contributed by atoms with E-state index in [4.69, 9.17) is 4.74 Å². The van der Waals surface area contributed by atoms with Gasteiger partial charge in [-0.25, -0.2) is 9.78 Å². The van der Waals surface area contributed by atoms with Gasteiger partial charge in [0, 0.05) is 31.4 Å². The van der Waals surface area contributed by atoms with Gasteiger partial charge in [0.2, 0.25) is 11.8 Å². The summed E-state index contributed by atoms with van der Waals surface area (Å²) in [6, 6.07) is 17.8. The fourth-order valence-corrected chi connectivity index (χ4v) is 6.49. The molecule has 1 saturated heterocycles. The lowest BCUT2D eigenvalue weighted by molar-refractivity contribution is -0.125. The van der Waals surface area contributed by atoms with Crippen LogP contribution in [0, 0.1) is 5.92 Å². The zero-order valence-electron chi connectivity index (χ0n) is 21.1. The Balaban J connectivity index is 1.16. The lowest BCUT2D eigenvalue weighted by Gasteiger charge is -2.34. The first-order valence-electron chi connectivity index (χ1n) is 12.8. The van der Waals surface area contributed by atoms with Crippen molar-refractivity contribution in [2.75, 3.05) is 24.5 Å². The number of hydrogen-bond acceptors (Lipinski definition) is 6. The normalized spacial score (nSPS) is 21.2. The van der Waals surface area contributed by atoms with Crippen molar-refractivity contribution in [2.24, 2.45) is 5.92 Å². The second-order valence-corrected chi connectivity index (χ2v) is 10.8. The Labute approximate surface area is 230 Å². The topological polar surface area (TPSA) is 104 Å². The highest BCUT2D eigenvalue weighted by molar-refractivity contribution is 8.01. The SMILES string of the molecule is C=CC(=O)N1CCC(CNC(=O)C2Sc3nccc4c3C2NC(=O)N4c2ccc(Oc3ccccc3)cc2)C1. The molecule has 1 aromatic heterocycles. The molecule has 1 fully saturated rings. The van der Waals surface area contributed by atoms with E-state index < -0.39 is 11.3 Å². The van der Waals surface area contributed by atoms with Gasteiger partial charge in [-0.3, -0.25) is 14.5 Å². The van der Waals surface area contributed by atoms with Crippen LogP contribution in [0.2, 0.25) is 0 Å². The van der Waals surface area contributed by atoms with Crippen LogP contribution in [0.15, 0.2) is 84.5 Å². The third kappa shape index (κ3) is 4.83. The number of carbonyl (C=O) groups is 3. The number of aromatic nitrogens is 1. The molecule has 39 heavy (non-hydrogen) atoms. The Morgan fingerprint density at radius 3 is 2.67 bits per heavy atom. The number of amides is 4. The lowest BCUT2D eigenvalue weighted by Crippen LogP contribution is -2.49. The van der Waals surface area contributed by atoms with E-state index in [0.717, 1.165) is 22.8 Å². The van der Waals surface area contributed by atoms with Gasteiger partial charge in [-0.2, -0.15) is 0 Å². The van der Waals surface area contributed by atoms with E-state index in [-0.39, 0.29) is 23.8 Å². The lowest BCUT2D eigenvalue weighted by atomic mass is 9.99. The van der Waals surface area contributed by atoms with Crippen LogP contribution >= 0.6 is 11.8 Å². The second-order valence-electron chi connectivity index (χ2n) is 9.65. The van der Waals surface area contributed by atoms with E-state index in [1.54, 1.807) is 16.0 Å². The van der Waals surface area contributed by atoms with E-state index in [1.807, 2.05) is 60.7 Å². The van der Waals surface area contributed by atoms with Crippen LogP contribution in [-0.2, 0) is 9.59 Å². The van der Waals surface area contributed by atoms with Crippen LogP contribution in [0.4, 0.5) is 16.2 Å². The summed E-state index contributed by atoms with van der Waals surface area (Å²) >= 11 is 1.36. The van der Waals surface area contributed by atoms with Gasteiger partial charge in [-0.05, 0) is 60.9 Å². The number of nitrogens with zero attached hydrogens (tertiary/aromatic N) is 3. The number of thioether (sulfide) groups is 1. The van der Waals surface area contributed by atoms with Crippen molar-refractivity contribution in [3.8, 4) is 11.5 Å². The Bertz CT molecular complexity index is 1430. The molecule has 3 unspecified atom stereocenters. The van der Waals surface area contributed by atoms with Gasteiger partial charge >= 0.3 is 6.03 Å². The summed E-state index contributed by atoms with van der Waals surface area (Å²) in [6.07, 6.45) is 3.81. The van der Waals surface area contributed by atoms with Crippen LogP contribution in [0.5, 0.6) is 11.5 Å². The maximum Gasteiger partial charge on any atom is 0.327 e. The summed E-state index contributed by atoms with van der Waals surface area (Å²) in [6.45, 7) is 5.27. The zero-order chi connectivity index (χ0) is 26.9. The summed E-state index contributed by atoms with van der Waals surface area (Å²) in [7, 11) is 0. The first-order valence-corrected chi connectivity index (χ1v) is 13.7. The van der Waals surface area contributed by atoms with E-state index >= 15 is 0 Å². The largest absolute Gasteiger partial charge is 0.457 e. The fraction of sp³-hybridized carbons (Fsp3) is 0.241. The number of hydrogen-bond donors (Lipinski definition) is 2. The van der Waals surface area contributed by atoms with Crippen molar-refractivity contribution in [1.29, 1.82) is 0 Å². The summed E-state index contributed by atoms with van der Waals surface area (Å²) in [4.78, 5) is 46.3. The van der Waals surface area contributed by atoms with Gasteiger partial charge in [-0.1, -0.05) is 36.5 Å². The first-order chi connectivity index (χ1) is 19.0. The van der Waals surface area contributed by atoms with Gasteiger partial charge in [0.25, 0.3) is 0 Å². The van der Waals surface area contributed by atoms with Crippen molar-refractivity contribution < 1.29 is 19.1 Å². The molecule has 3 aliphatic rings. The molecular formula is C29H27N5O4S. The molecule has 0 spiro atoms. The van der Waals surface area contributed by atoms with Gasteiger partial charge in [-0.15, -0.1) is 0 Å². The van der Waals surface area contributed by atoms with Crippen molar-refractivity contribution in [1.82, 2.24) is 20.5 Å². The van der Waals surface area contributed by atoms with E-state index in [9.17, 15) is 14.4 Å². The van der Waals surface area contributed by atoms with Gasteiger partial charge in [0.1, 0.15) is 21.8 Å². The van der Waals surface area contributed by atoms with Crippen LogP contribution in [0.3, 0.4) is 0 Å². The molecule has 198 valence electrons. The number of nitrogens with one attached hydrogen (secondary N) is 2. The van der Waals surface area contributed by atoms with Gasteiger partial charge < -0.3 is 20.3 Å². The zero-order valence-corrected chi connectivity index (χ0v) is 21.9. The first kappa shape index (κ1) is 25.0. The molecule has 0 saturated carbocycles. The maximum absolute atomic E-state index is 13.4. The molecule has 6 rings (SSSR count). The summed E-state index contributed by atoms with van der Waals surface area (Å²) in [5.41, 5.74) is 2.23. The number of rotatable bonds is 7. The van der Waals surface area contributed by atoms with Crippen molar-refractivity contribution in [3.63, 3.8) is 0 Å². The Kier molecular flexibility index (Phi) is 6.70. The quantitative estimate of drug-likeness (QED) is 0.430. The Morgan fingerprint density at radius 2 is 1.90 bits per heavy atom. The van der Waals surface area contributed by atoms with Crippen LogP contribution in [0.25, 0.3) is 0 Å². The number of carbonyl (C=O) groups excluding carboxylic acids is 3. The molecule has 3 atom stereocenters. The highest BCUT2D eigenvalue weighted by Gasteiger charge is 2.46. The molecule has 0 bridgehead atoms. The van der Waals surface area contributed by atoms with Crippen LogP contribution < -0.4 is 20.3 Å². The number of para-hydroxylation sites is 1. The maximum atomic E-state index is 13.4. The number of pyridine rings is 1. The smallest absolute Gasteiger partial charge is 0.327 e. The standard InChI is InChI=1S/C29H27N5O4S/c1-2-23(35)33-15-13-18(17-33)16-31-27(36)26-25-24-22(12-14-30-28(24)39-26)34(29(37)32-25)19-8-10-21(11-9-19)38-20-6-4-3-5-7-20/h2-12,14,18,25-26H,1,13,15-17H2,(H,31,36)(H,32,37). The Morgan fingerprint density at radius 1 is 1.13 bits per heavy atom. The van der Waals surface area contributed by atoms with Crippen LogP contribution in [-0.4, -0.2) is 52.6 Å². The fourth-order valence-electron chi connectivity index (χ4n) is 5.24. The minimum Gasteiger partial charge on any atom is -0.457 e. The minimum atomic E-state index is -0.534. The summed E-state index contributed by atoms with van der Waals surface area (Å²) in [5, 5.41) is 6.27. The second kappa shape index (κ2) is 10.5. The number of urea groups is 1. The molecule has 4 amide bonds. The van der Waals surface area contributed by atoms with Crippen molar-refractivity contribution >= 4 is 41.0 Å². The molecule has 4 heterocycles. The molecule has 2 aromatic carbocycles. The van der Waals surface area contributed by atoms with E-state index in [2.05, 4.69) is 22.2 Å². The van der Waals surface area contributed by atoms with E-state index in [1.165, 1.54) is 17.8 Å². The van der Waals surface area contributed by atoms with E-state index in [0.29, 0.717) is 36.8 Å². The summed E-state index contributed by atoms with van der Waals surface area (Å²) < 4.78 is 5.89. The monoisotopic (exact) mass is 541 g/mol. The molecule has 2 N–H and O–H groups in total. The molecule has 10 heteroatoms. The number of likely N-dealkylation sites (tertiary alicyclic amines) is 1. The number of benzene rings is 2. The Hall–Kier alpha value is -4.31. The number of anilines is 2. The molecule has 9 nitrogen and oxygen atoms in total. The molecule has 0 radical (unpaired) electrons. The average Bonchev–Trinajstić information content (AvgIpc) is 3.59. The third-order valence-electron chi connectivity index (χ3n) is 7.18. The minimum absolute atomic E-state index is 0.0861. The predicted molar refractivity (Wildman–Crippen MR) is 148 cm³/mol. The average molecular weight is 542 g/mol. The molecule has 0 aliphatic carbocycles. The van der Waals surface area contributed by atoms with Crippen molar-refractivity contribution in [3.05, 3.63) is 85.1 Å². The number of ether oxygens (including phenoxy) is 1. The third-order valence-corrected chi connectivity index (χ3v) is 8.46. The molecule has 3 aliphatic heterocycles. The van der Waals surface area contributed by atoms with Crippen molar-refractivity contribution in [2.45, 2.75) is 22.7 Å². The highest BCUT2D eigenvalue weighted by Crippen LogP contribution is 2.50. The van der Waals surface area contributed by atoms with Crippen LogP contribution in [0.1, 0.15) is 18.0 Å². The molecular weight excluding hydrogens is 514 g/mol. The van der Waals surface area contributed by atoms with Gasteiger partial charge in [0.15, 0.2) is 0 Å². The summed E-state index contributed by atoms with van der Waals surface area (Å²) in [5.74, 6) is 1.33. The molecule has 3 aromatic rings. The highest BCUT2D eigenvalue weighted by atomic mass is 32.2.